The Hall–Kier alpha value is -9.09. The van der Waals surface area contributed by atoms with Crippen LogP contribution in [0, 0.1) is 27.7 Å². The summed E-state index contributed by atoms with van der Waals surface area (Å²) in [6, 6.07) is 28.7. The Bertz CT molecular complexity index is 5320. The molecule has 0 amide bonds. The van der Waals surface area contributed by atoms with Gasteiger partial charge in [0.15, 0.2) is 0 Å². The fraction of sp³-hybridized carbons (Fsp3) is 0.425. The molecule has 0 radical (unpaired) electrons. The first kappa shape index (κ1) is 71.8. The third-order valence-corrected chi connectivity index (χ3v) is 24.9. The summed E-state index contributed by atoms with van der Waals surface area (Å²) in [6.07, 6.45) is 31.0. The molecule has 11 aromatic heterocycles. The first-order valence-corrected chi connectivity index (χ1v) is 39.6. The Kier molecular flexibility index (Phi) is 20.0. The second-order valence-corrected chi connectivity index (χ2v) is 32.1. The van der Waals surface area contributed by atoms with Gasteiger partial charge >= 0.3 is 5.97 Å². The van der Waals surface area contributed by atoms with Crippen molar-refractivity contribution in [2.24, 2.45) is 0 Å². The predicted molar refractivity (Wildman–Crippen MR) is 421 cm³/mol. The number of benzene rings is 1. The number of pyridine rings is 7. The molecule has 20 nitrogen and oxygen atoms in total. The second kappa shape index (κ2) is 30.1. The molecule has 4 fully saturated rings. The molecule has 20 rings (SSSR count). The number of hydrogen-bond donors (Lipinski definition) is 4. The molecule has 4 N–H and O–H groups in total. The van der Waals surface area contributed by atoms with E-state index in [2.05, 4.69) is 127 Å². The molecule has 8 aliphatic rings. The average Bonchev–Trinajstić information content (AvgIpc) is 1.61. The Morgan fingerprint density at radius 1 is 0.509 bits per heavy atom. The third-order valence-electron chi connectivity index (χ3n) is 24.7. The van der Waals surface area contributed by atoms with Gasteiger partial charge in [-0.1, -0.05) is 41.4 Å². The number of hydrogen-bond acceptors (Lipinski definition) is 15. The number of carbonyl (C=O) groups is 1. The maximum absolute atomic E-state index is 11.6. The van der Waals surface area contributed by atoms with Crippen LogP contribution in [0.1, 0.15) is 195 Å². The molecule has 1 aromatic carbocycles. The van der Waals surface area contributed by atoms with E-state index < -0.39 is 23.8 Å². The lowest BCUT2D eigenvalue weighted by molar-refractivity contribution is 0.0378. The number of carboxylic acid groups (broad SMARTS) is 1. The number of aromatic carboxylic acids is 1. The topological polar surface area (TPSA) is 221 Å². The standard InChI is InChI=1S/C23H25N3O3.C22H26N4O.C21H23ClN4.C21H24N4O/c1-14-4-5-18-16(11-14)22-19-3-2-9-25(19)10-7-20(22)26(18)13-21(27)15-6-8-24-12-17(15)23(28)29;1-15-11-17-20-18-6-4-9-25(18)10-7-19(20)26(21(17)24-12-15)14-22(2,27)16-5-3-8-23-13-16;1-14-4-5-15(12-23-14)6-10-26-19-7-9-25-8-2-3-18(25)20(19)17-11-16(22)13-24-21(17)26;1-14-10-16-20-17-5-3-8-24(17)9-6-18(20)25(21(16)23-11-14)13-19(26)15-4-2-7-22-12-15/h4-6,8,11-12,19,21,27H,2-3,7,9-10,13H2,1H3,(H,28,29);3,5,8,11-13,18,27H,4,6-7,9-10,14H2,1-2H3;4-5,11-13,18H,2-3,6-10H2,1H3;2,4,7,10-12,17,19,26H,3,5-6,8-9,13H2,1H3. The first-order chi connectivity index (χ1) is 52.5. The molecule has 0 spiro atoms. The number of carboxylic acids is 1. The van der Waals surface area contributed by atoms with Crippen LogP contribution in [0.15, 0.2) is 141 Å². The largest absolute Gasteiger partial charge is 0.478 e. The van der Waals surface area contributed by atoms with Gasteiger partial charge in [0.25, 0.3) is 0 Å². The minimum absolute atomic E-state index is 0.0585. The van der Waals surface area contributed by atoms with Crippen molar-refractivity contribution in [3.63, 3.8) is 0 Å². The third kappa shape index (κ3) is 13.6. The maximum Gasteiger partial charge on any atom is 0.337 e. The summed E-state index contributed by atoms with van der Waals surface area (Å²) in [6.45, 7) is 21.7. The average molecular weight is 1470 g/mol. The quantitative estimate of drug-likeness (QED) is 0.0843. The van der Waals surface area contributed by atoms with E-state index in [0.717, 1.165) is 116 Å². The van der Waals surface area contributed by atoms with Crippen molar-refractivity contribution in [3.8, 4) is 0 Å². The number of aromatic nitrogens is 11. The zero-order valence-electron chi connectivity index (χ0n) is 62.7. The van der Waals surface area contributed by atoms with Gasteiger partial charge in [0.1, 0.15) is 22.5 Å². The molecule has 0 aliphatic carbocycles. The summed E-state index contributed by atoms with van der Waals surface area (Å²) in [7, 11) is 0. The summed E-state index contributed by atoms with van der Waals surface area (Å²) in [4.78, 5) is 53.0. The van der Waals surface area contributed by atoms with Gasteiger partial charge in [0, 0.05) is 211 Å². The van der Waals surface area contributed by atoms with Gasteiger partial charge in [-0.05, 0) is 218 Å². The van der Waals surface area contributed by atoms with Crippen molar-refractivity contribution in [1.82, 2.24) is 72.8 Å². The monoisotopic (exact) mass is 1470 g/mol. The fourth-order valence-electron chi connectivity index (χ4n) is 19.7. The molecule has 12 aromatic rings. The number of halogens is 1. The number of nitrogens with zero attached hydrogens (tertiary/aromatic N) is 15. The molecule has 4 saturated heterocycles. The maximum atomic E-state index is 11.6. The van der Waals surface area contributed by atoms with E-state index in [4.69, 9.17) is 26.6 Å². The Morgan fingerprint density at radius 2 is 1.02 bits per heavy atom. The van der Waals surface area contributed by atoms with Crippen molar-refractivity contribution in [1.29, 1.82) is 0 Å². The van der Waals surface area contributed by atoms with Crippen molar-refractivity contribution in [3.05, 3.63) is 241 Å². The van der Waals surface area contributed by atoms with Crippen molar-refractivity contribution in [2.45, 2.75) is 186 Å². The van der Waals surface area contributed by atoms with Gasteiger partial charge in [-0.25, -0.2) is 19.7 Å². The van der Waals surface area contributed by atoms with E-state index in [0.29, 0.717) is 49.4 Å². The summed E-state index contributed by atoms with van der Waals surface area (Å²) in [5.41, 5.74) is 22.6. The molecule has 108 heavy (non-hydrogen) atoms. The van der Waals surface area contributed by atoms with Crippen LogP contribution in [0.5, 0.6) is 0 Å². The van der Waals surface area contributed by atoms with E-state index in [9.17, 15) is 25.2 Å². The number of rotatable bonds is 13. The van der Waals surface area contributed by atoms with Crippen LogP contribution in [0.3, 0.4) is 0 Å². The van der Waals surface area contributed by atoms with E-state index in [1.165, 1.54) is 172 Å². The molecular weight excluding hydrogens is 1370 g/mol. The lowest BCUT2D eigenvalue weighted by atomic mass is 9.95. The Morgan fingerprint density at radius 3 is 1.58 bits per heavy atom. The van der Waals surface area contributed by atoms with E-state index in [1.54, 1.807) is 37.1 Å². The minimum Gasteiger partial charge on any atom is -0.478 e. The minimum atomic E-state index is -1.07. The van der Waals surface area contributed by atoms with Crippen molar-refractivity contribution >= 4 is 61.6 Å². The van der Waals surface area contributed by atoms with Crippen LogP contribution < -0.4 is 0 Å². The Labute approximate surface area is 635 Å². The number of aliphatic hydroxyl groups excluding tert-OH is 2. The van der Waals surface area contributed by atoms with Crippen LogP contribution in [0.25, 0.3) is 44.0 Å². The van der Waals surface area contributed by atoms with Gasteiger partial charge in [0.2, 0.25) is 0 Å². The van der Waals surface area contributed by atoms with Crippen LogP contribution >= 0.6 is 11.6 Å². The molecule has 0 bridgehead atoms. The zero-order valence-corrected chi connectivity index (χ0v) is 63.5. The normalized spacial score (nSPS) is 20.6. The SMILES string of the molecule is Cc1ccc(CCn2c3c(c4cc(Cl)cnc42)C2CCCN2CC3)cn1.Cc1ccc2c(c1)c1c(n2CC(O)c2ccncc2C(=O)O)CCN2CCCC12.Cc1cnc2c(c1)c1c(n2CC(C)(O)c2cccnc2)CCN2CCCC12.Cc1cnc2c(c1)c1c(n2CC(O)c2cccnc2)CCN2CCCC12. The highest BCUT2D eigenvalue weighted by atomic mass is 35.5. The zero-order chi connectivity index (χ0) is 74.1. The molecule has 7 atom stereocenters. The van der Waals surface area contributed by atoms with Crippen LogP contribution in [-0.2, 0) is 63.9 Å². The molecule has 19 heterocycles. The van der Waals surface area contributed by atoms with Crippen LogP contribution in [0.4, 0.5) is 0 Å². The number of aliphatic hydroxyl groups is 3. The van der Waals surface area contributed by atoms with E-state index in [-0.39, 0.29) is 5.56 Å². The lowest BCUT2D eigenvalue weighted by Gasteiger charge is -2.32. The summed E-state index contributed by atoms with van der Waals surface area (Å²) >= 11 is 6.31. The predicted octanol–water partition coefficient (Wildman–Crippen LogP) is 14.3. The van der Waals surface area contributed by atoms with E-state index in [1.807, 2.05) is 56.7 Å². The van der Waals surface area contributed by atoms with Gasteiger partial charge < -0.3 is 38.7 Å². The smallest absolute Gasteiger partial charge is 0.337 e. The molecular formula is C87H98ClN15O5. The van der Waals surface area contributed by atoms with Crippen LogP contribution in [-0.4, -0.2) is 152 Å². The summed E-state index contributed by atoms with van der Waals surface area (Å²) < 4.78 is 9.19. The summed E-state index contributed by atoms with van der Waals surface area (Å²) in [5, 5.41) is 48.3. The van der Waals surface area contributed by atoms with Gasteiger partial charge in [-0.2, -0.15) is 0 Å². The van der Waals surface area contributed by atoms with Gasteiger partial charge in [0.05, 0.1) is 42.4 Å². The van der Waals surface area contributed by atoms with E-state index >= 15 is 0 Å². The number of fused-ring (bicyclic) bond motifs is 20. The second-order valence-electron chi connectivity index (χ2n) is 31.6. The van der Waals surface area contributed by atoms with Gasteiger partial charge in [-0.3, -0.25) is 39.5 Å². The highest BCUT2D eigenvalue weighted by molar-refractivity contribution is 6.31. The Balaban J connectivity index is 0.000000106. The lowest BCUT2D eigenvalue weighted by Crippen LogP contribution is -2.33. The molecule has 8 aliphatic heterocycles. The highest BCUT2D eigenvalue weighted by Crippen LogP contribution is 2.48. The molecule has 21 heteroatoms. The molecule has 7 unspecified atom stereocenters. The highest BCUT2D eigenvalue weighted by Gasteiger charge is 2.41. The molecule has 0 saturated carbocycles. The van der Waals surface area contributed by atoms with Crippen molar-refractivity contribution < 1.29 is 25.2 Å². The first-order valence-electron chi connectivity index (χ1n) is 39.2. The van der Waals surface area contributed by atoms with Crippen LogP contribution in [0.2, 0.25) is 5.02 Å². The van der Waals surface area contributed by atoms with Crippen molar-refractivity contribution in [2.75, 3.05) is 52.4 Å². The number of aryl methyl sites for hydroxylation is 6. The fourth-order valence-corrected chi connectivity index (χ4v) is 19.8. The molecule has 558 valence electrons. The van der Waals surface area contributed by atoms with Gasteiger partial charge in [-0.15, -0.1) is 0 Å². The summed E-state index contributed by atoms with van der Waals surface area (Å²) in [5.74, 6) is -1.07.